The van der Waals surface area contributed by atoms with Gasteiger partial charge in [-0.2, -0.15) is 4.31 Å². The van der Waals surface area contributed by atoms with Gasteiger partial charge in [-0.15, -0.1) is 11.3 Å². The van der Waals surface area contributed by atoms with Crippen LogP contribution in [0.4, 0.5) is 0 Å². The molecule has 1 saturated carbocycles. The summed E-state index contributed by atoms with van der Waals surface area (Å²) in [6.07, 6.45) is 4.87. The predicted octanol–water partition coefficient (Wildman–Crippen LogP) is 1.60. The lowest BCUT2D eigenvalue weighted by molar-refractivity contribution is -0.125. The van der Waals surface area contributed by atoms with Gasteiger partial charge in [0.1, 0.15) is 10.3 Å². The van der Waals surface area contributed by atoms with Crippen molar-refractivity contribution < 1.29 is 13.2 Å². The molecular weight excluding hydrogens is 346 g/mol. The minimum absolute atomic E-state index is 0.117. The quantitative estimate of drug-likeness (QED) is 0.841. The summed E-state index contributed by atoms with van der Waals surface area (Å²) in [5.41, 5.74) is 5.90. The van der Waals surface area contributed by atoms with E-state index in [9.17, 15) is 13.2 Å². The summed E-state index contributed by atoms with van der Waals surface area (Å²) in [5.74, 6) is -0.162. The van der Waals surface area contributed by atoms with E-state index < -0.39 is 16.1 Å². The number of aryl methyl sites for hydroxylation is 1. The fourth-order valence-corrected chi connectivity index (χ4v) is 6.59. The summed E-state index contributed by atoms with van der Waals surface area (Å²) in [6.45, 7) is 2.29. The highest BCUT2D eigenvalue weighted by Gasteiger charge is 2.40. The van der Waals surface area contributed by atoms with Crippen LogP contribution in [0.2, 0.25) is 0 Å². The Bertz CT molecular complexity index is 693. The first-order valence-corrected chi connectivity index (χ1v) is 10.8. The second-order valence-electron chi connectivity index (χ2n) is 6.76. The van der Waals surface area contributed by atoms with E-state index >= 15 is 0 Å². The van der Waals surface area contributed by atoms with Gasteiger partial charge in [0.15, 0.2) is 0 Å². The van der Waals surface area contributed by atoms with Crippen molar-refractivity contribution in [1.29, 1.82) is 0 Å². The zero-order valence-corrected chi connectivity index (χ0v) is 15.5. The molecule has 1 aliphatic heterocycles. The van der Waals surface area contributed by atoms with Crippen LogP contribution in [0.1, 0.15) is 43.4 Å². The molecule has 134 valence electrons. The van der Waals surface area contributed by atoms with Crippen LogP contribution in [-0.2, 0) is 14.8 Å². The first-order valence-electron chi connectivity index (χ1n) is 8.52. The molecule has 1 saturated heterocycles. The van der Waals surface area contributed by atoms with Gasteiger partial charge < -0.3 is 11.1 Å². The Kier molecular flexibility index (Phi) is 5.29. The van der Waals surface area contributed by atoms with Gasteiger partial charge in [-0.3, -0.25) is 4.79 Å². The lowest BCUT2D eigenvalue weighted by atomic mass is 9.91. The third kappa shape index (κ3) is 3.66. The number of thiophene rings is 1. The molecule has 6 nitrogen and oxygen atoms in total. The molecule has 1 atom stereocenters. The van der Waals surface area contributed by atoms with Crippen molar-refractivity contribution in [2.45, 2.75) is 67.8 Å². The average Bonchev–Trinajstić information content (AvgIpc) is 3.19. The number of nitrogens with zero attached hydrogens (tertiary/aromatic N) is 1. The highest BCUT2D eigenvalue weighted by Crippen LogP contribution is 2.30. The van der Waals surface area contributed by atoms with E-state index in [-0.39, 0.29) is 18.0 Å². The number of nitrogens with two attached hydrogens (primary N) is 1. The molecule has 2 fully saturated rings. The third-order valence-corrected chi connectivity index (χ3v) is 8.28. The molecule has 1 amide bonds. The number of carbonyl (C=O) groups is 1. The molecule has 1 aromatic heterocycles. The predicted molar refractivity (Wildman–Crippen MR) is 94.3 cm³/mol. The molecule has 0 spiro atoms. The van der Waals surface area contributed by atoms with Crippen molar-refractivity contribution in [3.63, 3.8) is 0 Å². The van der Waals surface area contributed by atoms with Crippen molar-refractivity contribution in [3.8, 4) is 0 Å². The zero-order chi connectivity index (χ0) is 17.3. The monoisotopic (exact) mass is 371 g/mol. The largest absolute Gasteiger partial charge is 0.352 e. The molecule has 0 aromatic carbocycles. The number of sulfonamides is 1. The summed E-state index contributed by atoms with van der Waals surface area (Å²) >= 11 is 1.26. The average molecular weight is 372 g/mol. The van der Waals surface area contributed by atoms with E-state index in [4.69, 9.17) is 5.73 Å². The maximum absolute atomic E-state index is 12.8. The van der Waals surface area contributed by atoms with Crippen LogP contribution < -0.4 is 11.1 Å². The Labute approximate surface area is 147 Å². The smallest absolute Gasteiger partial charge is 0.253 e. The molecular formula is C16H25N3O3S2. The van der Waals surface area contributed by atoms with E-state index in [2.05, 4.69) is 5.32 Å². The molecule has 0 radical (unpaired) electrons. The van der Waals surface area contributed by atoms with Gasteiger partial charge in [-0.1, -0.05) is 0 Å². The first kappa shape index (κ1) is 17.8. The number of carbonyl (C=O) groups excluding carboxylic acids is 1. The fourth-order valence-electron chi connectivity index (χ4n) is 3.52. The van der Waals surface area contributed by atoms with Crippen molar-refractivity contribution in [3.05, 3.63) is 17.0 Å². The molecule has 2 aliphatic rings. The summed E-state index contributed by atoms with van der Waals surface area (Å²) in [6, 6.07) is 3.18. The van der Waals surface area contributed by atoms with Gasteiger partial charge in [-0.25, -0.2) is 8.42 Å². The Morgan fingerprint density at radius 3 is 2.58 bits per heavy atom. The lowest BCUT2D eigenvalue weighted by Gasteiger charge is -2.29. The topological polar surface area (TPSA) is 92.5 Å². The van der Waals surface area contributed by atoms with Crippen LogP contribution in [-0.4, -0.2) is 43.3 Å². The summed E-state index contributed by atoms with van der Waals surface area (Å²) in [7, 11) is -3.59. The van der Waals surface area contributed by atoms with Crippen LogP contribution in [0.3, 0.4) is 0 Å². The van der Waals surface area contributed by atoms with Crippen molar-refractivity contribution in [2.75, 3.05) is 6.54 Å². The molecule has 3 rings (SSSR count). The van der Waals surface area contributed by atoms with E-state index in [1.807, 2.05) is 6.92 Å². The van der Waals surface area contributed by atoms with Gasteiger partial charge in [0.05, 0.1) is 0 Å². The number of amides is 1. The molecule has 8 heteroatoms. The van der Waals surface area contributed by atoms with Crippen LogP contribution in [0.15, 0.2) is 16.3 Å². The molecule has 2 heterocycles. The molecule has 24 heavy (non-hydrogen) atoms. The Morgan fingerprint density at radius 1 is 1.25 bits per heavy atom. The van der Waals surface area contributed by atoms with Crippen LogP contribution >= 0.6 is 11.3 Å². The molecule has 1 unspecified atom stereocenters. The van der Waals surface area contributed by atoms with Crippen LogP contribution in [0, 0.1) is 6.92 Å². The molecule has 0 bridgehead atoms. The highest BCUT2D eigenvalue weighted by molar-refractivity contribution is 7.91. The van der Waals surface area contributed by atoms with E-state index in [1.165, 1.54) is 15.6 Å². The second-order valence-corrected chi connectivity index (χ2v) is 10.2. The summed E-state index contributed by atoms with van der Waals surface area (Å²) in [4.78, 5) is 13.6. The van der Waals surface area contributed by atoms with E-state index in [1.54, 1.807) is 12.1 Å². The van der Waals surface area contributed by atoms with E-state index in [0.29, 0.717) is 17.2 Å². The SMILES string of the molecule is Cc1ccc(S(=O)(=O)N2CCCC2C(=O)NC2CCC(N)CC2)s1. The van der Waals surface area contributed by atoms with Crippen LogP contribution in [0.5, 0.6) is 0 Å². The first-order chi connectivity index (χ1) is 11.4. The standard InChI is InChI=1S/C16H25N3O3S2/c1-11-4-9-15(23-11)24(21,22)19-10-2-3-14(19)16(20)18-13-7-5-12(17)6-8-13/h4,9,12-14H,2-3,5-8,10,17H2,1H3,(H,18,20). The molecule has 3 N–H and O–H groups in total. The van der Waals surface area contributed by atoms with Gasteiger partial charge in [0.25, 0.3) is 10.0 Å². The number of hydrogen-bond acceptors (Lipinski definition) is 5. The van der Waals surface area contributed by atoms with Gasteiger partial charge in [-0.05, 0) is 57.6 Å². The second kappa shape index (κ2) is 7.11. The summed E-state index contributed by atoms with van der Waals surface area (Å²) in [5, 5.41) is 3.04. The minimum atomic E-state index is -3.59. The van der Waals surface area contributed by atoms with Crippen LogP contribution in [0.25, 0.3) is 0 Å². The molecule has 1 aromatic rings. The zero-order valence-electron chi connectivity index (χ0n) is 13.9. The summed E-state index contributed by atoms with van der Waals surface area (Å²) < 4.78 is 27.4. The van der Waals surface area contributed by atoms with Crippen molar-refractivity contribution >= 4 is 27.3 Å². The Morgan fingerprint density at radius 2 is 1.96 bits per heavy atom. The van der Waals surface area contributed by atoms with E-state index in [0.717, 1.165) is 37.0 Å². The Hall–Kier alpha value is -0.960. The van der Waals surface area contributed by atoms with Gasteiger partial charge in [0, 0.05) is 23.5 Å². The maximum atomic E-state index is 12.8. The number of rotatable bonds is 4. The minimum Gasteiger partial charge on any atom is -0.352 e. The van der Waals surface area contributed by atoms with Gasteiger partial charge >= 0.3 is 0 Å². The molecule has 1 aliphatic carbocycles. The maximum Gasteiger partial charge on any atom is 0.253 e. The van der Waals surface area contributed by atoms with Crippen molar-refractivity contribution in [1.82, 2.24) is 9.62 Å². The van der Waals surface area contributed by atoms with Crippen molar-refractivity contribution in [2.24, 2.45) is 5.73 Å². The normalized spacial score (nSPS) is 28.8. The fraction of sp³-hybridized carbons (Fsp3) is 0.688. The third-order valence-electron chi connectivity index (χ3n) is 4.90. The number of nitrogens with one attached hydrogen (secondary N) is 1. The van der Waals surface area contributed by atoms with Gasteiger partial charge in [0.2, 0.25) is 5.91 Å². The highest BCUT2D eigenvalue weighted by atomic mass is 32.2. The Balaban J connectivity index is 1.69. The lowest BCUT2D eigenvalue weighted by Crippen LogP contribution is -2.49. The number of hydrogen-bond donors (Lipinski definition) is 2.